The van der Waals surface area contributed by atoms with Crippen molar-refractivity contribution in [2.24, 2.45) is 0 Å². The molecule has 0 spiro atoms. The lowest BCUT2D eigenvalue weighted by atomic mass is 9.95. The molecule has 18 unspecified atom stereocenters. The van der Waals surface area contributed by atoms with Crippen molar-refractivity contribution in [3.63, 3.8) is 0 Å². The highest BCUT2D eigenvalue weighted by atomic mass is 16.8. The molecule has 510 valence electrons. The molecule has 0 saturated carbocycles. The van der Waals surface area contributed by atoms with Gasteiger partial charge in [-0.25, -0.2) is 0 Å². The fraction of sp³-hybridized carbons (Fsp3) is 1.00. The molecule has 0 aliphatic carbocycles. The fourth-order valence-corrected chi connectivity index (χ4v) is 11.0. The maximum absolute atomic E-state index is 7.56. The number of rotatable bonds is 53. The third-order valence-electron chi connectivity index (χ3n) is 16.5. The van der Waals surface area contributed by atoms with Gasteiger partial charge in [-0.15, -0.1) is 0 Å². The Hall–Kier alpha value is -0.720. The van der Waals surface area contributed by atoms with Gasteiger partial charge in [0.25, 0.3) is 0 Å². The van der Waals surface area contributed by atoms with Crippen LogP contribution in [0.15, 0.2) is 0 Å². The van der Waals surface area contributed by atoms with Crippen LogP contribution in [0.25, 0.3) is 0 Å². The summed E-state index contributed by atoms with van der Waals surface area (Å²) in [6.45, 7) is 33.0. The molecule has 4 fully saturated rings. The zero-order chi connectivity index (χ0) is 62.0. The maximum Gasteiger partial charge on any atom is 0.187 e. The van der Waals surface area contributed by atoms with Crippen molar-refractivity contribution in [2.45, 2.75) is 341 Å². The van der Waals surface area contributed by atoms with E-state index in [0.717, 1.165) is 141 Å². The highest BCUT2D eigenvalue weighted by Crippen LogP contribution is 2.39. The van der Waals surface area contributed by atoms with E-state index in [1.165, 1.54) is 0 Å². The van der Waals surface area contributed by atoms with E-state index in [9.17, 15) is 0 Å². The van der Waals surface area contributed by atoms with Crippen LogP contribution >= 0.6 is 0 Å². The molecule has 0 aromatic rings. The summed E-state index contributed by atoms with van der Waals surface area (Å²) >= 11 is 0. The van der Waals surface area contributed by atoms with Crippen LogP contribution in [-0.4, -0.2) is 210 Å². The molecule has 0 bridgehead atoms. The third kappa shape index (κ3) is 27.5. The minimum Gasteiger partial charge on any atom is -0.379 e. The molecule has 0 aromatic heterocycles. The lowest BCUT2D eigenvalue weighted by Gasteiger charge is -2.51. The number of hydrogen-bond donors (Lipinski definition) is 0. The summed E-state index contributed by atoms with van der Waals surface area (Å²) in [7, 11) is 0. The topological polar surface area (TPSA) is 166 Å². The van der Waals surface area contributed by atoms with Gasteiger partial charge in [0.1, 0.15) is 79.4 Å². The van der Waals surface area contributed by atoms with E-state index in [0.29, 0.717) is 98.9 Å². The van der Waals surface area contributed by atoms with Crippen LogP contribution in [0.2, 0.25) is 0 Å². The number of ether oxygens (including phenoxy) is 18. The van der Waals surface area contributed by atoms with Crippen LogP contribution in [0.3, 0.4) is 0 Å². The smallest absolute Gasteiger partial charge is 0.187 e. The summed E-state index contributed by atoms with van der Waals surface area (Å²) in [6, 6.07) is 0. The van der Waals surface area contributed by atoms with Crippen molar-refractivity contribution in [3.8, 4) is 0 Å². The first-order chi connectivity index (χ1) is 42.2. The quantitative estimate of drug-likeness (QED) is 0.0527. The normalized spacial score (nSPS) is 31.7. The Morgan fingerprint density at radius 2 is 0.570 bits per heavy atom. The monoisotopic (exact) mass is 1230 g/mol. The van der Waals surface area contributed by atoms with Gasteiger partial charge >= 0.3 is 0 Å². The van der Waals surface area contributed by atoms with E-state index in [1.807, 2.05) is 0 Å². The Balaban J connectivity index is 1.87. The van der Waals surface area contributed by atoms with Crippen molar-refractivity contribution in [2.75, 3.05) is 99.1 Å². The van der Waals surface area contributed by atoms with Gasteiger partial charge in [-0.2, -0.15) is 0 Å². The van der Waals surface area contributed by atoms with Crippen LogP contribution in [0, 0.1) is 0 Å². The third-order valence-corrected chi connectivity index (χ3v) is 16.5. The van der Waals surface area contributed by atoms with E-state index in [2.05, 4.69) is 83.1 Å². The molecule has 0 amide bonds. The summed E-state index contributed by atoms with van der Waals surface area (Å²) < 4.78 is 125. The summed E-state index contributed by atoms with van der Waals surface area (Å²) in [6.07, 6.45) is 9.62. The Morgan fingerprint density at radius 1 is 0.279 bits per heavy atom. The van der Waals surface area contributed by atoms with Gasteiger partial charge in [-0.3, -0.25) is 0 Å². The molecule has 4 heterocycles. The van der Waals surface area contributed by atoms with E-state index >= 15 is 0 Å². The van der Waals surface area contributed by atoms with Crippen molar-refractivity contribution in [1.82, 2.24) is 0 Å². The summed E-state index contributed by atoms with van der Waals surface area (Å²) in [4.78, 5) is 0. The van der Waals surface area contributed by atoms with E-state index in [4.69, 9.17) is 85.3 Å². The van der Waals surface area contributed by atoms with Crippen molar-refractivity contribution in [3.05, 3.63) is 0 Å². The Morgan fingerprint density at radius 3 is 0.977 bits per heavy atom. The predicted octanol–water partition coefficient (Wildman–Crippen LogP) is 13.1. The van der Waals surface area contributed by atoms with E-state index in [-0.39, 0.29) is 18.8 Å². The van der Waals surface area contributed by atoms with Crippen molar-refractivity contribution < 1.29 is 85.3 Å². The number of unbranched alkanes of at least 4 members (excludes halogenated alkanes) is 11. The van der Waals surface area contributed by atoms with Crippen LogP contribution in [0.4, 0.5) is 0 Å². The molecule has 0 radical (unpaired) electrons. The maximum atomic E-state index is 7.56. The SMILES string of the molecule is CCCCOCC1OCCC(OC2OC(COCCCC)C(OC3OC(COCCCC)C(OCCCC)C(OCCCC)C3OCCCC)C(OCCCC)C2OCCCC)C1OC1OC(C)C(OCCCC)C(OCCCC)C1OCCCC. The Kier molecular flexibility index (Phi) is 44.2. The van der Waals surface area contributed by atoms with Crippen molar-refractivity contribution in [1.29, 1.82) is 0 Å². The molecule has 18 nitrogen and oxygen atoms in total. The molecule has 18 heteroatoms. The first-order valence-corrected chi connectivity index (χ1v) is 35.4. The number of hydrogen-bond acceptors (Lipinski definition) is 18. The lowest BCUT2D eigenvalue weighted by molar-refractivity contribution is -0.386. The molecule has 86 heavy (non-hydrogen) atoms. The predicted molar refractivity (Wildman–Crippen MR) is 335 cm³/mol. The summed E-state index contributed by atoms with van der Waals surface area (Å²) in [5, 5.41) is 0. The Bertz CT molecular complexity index is 1560. The van der Waals surface area contributed by atoms with Gasteiger partial charge in [0, 0.05) is 79.3 Å². The first kappa shape index (κ1) is 77.7. The van der Waals surface area contributed by atoms with Gasteiger partial charge in [0.2, 0.25) is 0 Å². The molecular formula is C68H130O18. The second kappa shape index (κ2) is 48.9. The molecule has 0 aromatic carbocycles. The fourth-order valence-electron chi connectivity index (χ4n) is 11.0. The van der Waals surface area contributed by atoms with E-state index in [1.54, 1.807) is 0 Å². The minimum atomic E-state index is -0.955. The largest absolute Gasteiger partial charge is 0.379 e. The average Bonchev–Trinajstić information content (AvgIpc) is 1.12. The van der Waals surface area contributed by atoms with Crippen LogP contribution < -0.4 is 0 Å². The Labute approximate surface area is 523 Å². The first-order valence-electron chi connectivity index (χ1n) is 35.4. The van der Waals surface area contributed by atoms with Gasteiger partial charge in [0.15, 0.2) is 18.9 Å². The van der Waals surface area contributed by atoms with Gasteiger partial charge < -0.3 is 85.3 Å². The van der Waals surface area contributed by atoms with Crippen LogP contribution in [0.1, 0.15) is 231 Å². The van der Waals surface area contributed by atoms with Gasteiger partial charge in [0.05, 0.1) is 32.0 Å². The molecule has 4 aliphatic heterocycles. The zero-order valence-electron chi connectivity index (χ0n) is 56.6. The molecule has 4 rings (SSSR count). The van der Waals surface area contributed by atoms with Gasteiger partial charge in [-0.1, -0.05) is 147 Å². The molecular weight excluding hydrogens is 1100 g/mol. The van der Waals surface area contributed by atoms with Crippen LogP contribution in [-0.2, 0) is 85.3 Å². The molecule has 4 aliphatic rings. The van der Waals surface area contributed by atoms with E-state index < -0.39 is 98.2 Å². The molecule has 18 atom stereocenters. The molecule has 0 N–H and O–H groups in total. The standard InChI is InChI=1S/C68H130O18/c1-13-24-36-69-48-53-57(85-66-63(78-44-32-21-9)60(75-41-29-18-6)56(51(12)81-66)73-39-27-16-4)52(35-47-72-53)82-67-65(80-46-34-23-11)62(77-43-31-20-8)59(55(84-67)50-71-38-26-15-3)86-68-64(79-45-33-22-10)61(76-42-30-19-7)58(74-40-28-17-5)54(83-68)49-70-37-25-14-2/h51-68H,13-50H2,1-12H3. The molecule has 4 saturated heterocycles. The summed E-state index contributed by atoms with van der Waals surface area (Å²) in [5.74, 6) is 0. The lowest BCUT2D eigenvalue weighted by Crippen LogP contribution is -2.67. The summed E-state index contributed by atoms with van der Waals surface area (Å²) in [5.41, 5.74) is 0. The zero-order valence-corrected chi connectivity index (χ0v) is 56.6. The van der Waals surface area contributed by atoms with Crippen LogP contribution in [0.5, 0.6) is 0 Å². The van der Waals surface area contributed by atoms with Gasteiger partial charge in [-0.05, 0) is 84.0 Å². The minimum absolute atomic E-state index is 0.198. The second-order valence-electron chi connectivity index (χ2n) is 24.2. The average molecular weight is 1240 g/mol. The second-order valence-corrected chi connectivity index (χ2v) is 24.2. The highest BCUT2D eigenvalue weighted by Gasteiger charge is 2.56. The highest BCUT2D eigenvalue weighted by molar-refractivity contribution is 4.99. The van der Waals surface area contributed by atoms with Crippen molar-refractivity contribution >= 4 is 0 Å².